The number of benzene rings is 1. The lowest BCUT2D eigenvalue weighted by Crippen LogP contribution is -2.48. The lowest BCUT2D eigenvalue weighted by Gasteiger charge is -2.32. The Labute approximate surface area is 188 Å². The van der Waals surface area contributed by atoms with E-state index in [-0.39, 0.29) is 0 Å². The van der Waals surface area contributed by atoms with E-state index in [1.165, 1.54) is 13.0 Å². The van der Waals surface area contributed by atoms with Crippen LogP contribution in [-0.4, -0.2) is 68.9 Å². The standard InChI is InChI=1S/C23H39N5O2S/c1-3-14-27-17-12-21(13-18-27)26-23(24-4-2)25-19-20-8-10-22(11-9-20)31(29,30)28-15-6-5-7-16-28/h8-11,21H,3-7,12-19H2,1-2H3,(H2,24,25,26). The van der Waals surface area contributed by atoms with E-state index < -0.39 is 10.0 Å². The van der Waals surface area contributed by atoms with Crippen molar-refractivity contribution in [3.8, 4) is 0 Å². The summed E-state index contributed by atoms with van der Waals surface area (Å²) >= 11 is 0. The number of hydrogen-bond donors (Lipinski definition) is 2. The van der Waals surface area contributed by atoms with Crippen LogP contribution in [0.4, 0.5) is 0 Å². The summed E-state index contributed by atoms with van der Waals surface area (Å²) in [4.78, 5) is 7.65. The van der Waals surface area contributed by atoms with Gasteiger partial charge in [0.05, 0.1) is 11.4 Å². The third-order valence-electron chi connectivity index (χ3n) is 6.11. The normalized spacial score (nSPS) is 20.0. The fraction of sp³-hybridized carbons (Fsp3) is 0.696. The summed E-state index contributed by atoms with van der Waals surface area (Å²) in [7, 11) is -3.38. The van der Waals surface area contributed by atoms with Crippen LogP contribution < -0.4 is 10.6 Å². The molecule has 0 radical (unpaired) electrons. The molecule has 2 fully saturated rings. The van der Waals surface area contributed by atoms with Gasteiger partial charge >= 0.3 is 0 Å². The molecule has 2 N–H and O–H groups in total. The predicted molar refractivity (Wildman–Crippen MR) is 127 cm³/mol. The van der Waals surface area contributed by atoms with Crippen molar-refractivity contribution >= 4 is 16.0 Å². The SMILES string of the molecule is CCCN1CCC(NC(=NCc2ccc(S(=O)(=O)N3CCCCC3)cc2)NCC)CC1. The van der Waals surface area contributed by atoms with E-state index in [0.29, 0.717) is 30.6 Å². The zero-order valence-electron chi connectivity index (χ0n) is 19.1. The Balaban J connectivity index is 1.57. The minimum Gasteiger partial charge on any atom is -0.357 e. The van der Waals surface area contributed by atoms with Crippen molar-refractivity contribution in [1.29, 1.82) is 0 Å². The molecule has 174 valence electrons. The number of aliphatic imine (C=N–C) groups is 1. The van der Waals surface area contributed by atoms with Crippen LogP contribution in [0.2, 0.25) is 0 Å². The van der Waals surface area contributed by atoms with E-state index in [2.05, 4.69) is 29.4 Å². The first-order valence-corrected chi connectivity index (χ1v) is 13.3. The van der Waals surface area contributed by atoms with Crippen molar-refractivity contribution in [2.75, 3.05) is 39.3 Å². The fourth-order valence-corrected chi connectivity index (χ4v) is 5.84. The zero-order valence-corrected chi connectivity index (χ0v) is 20.0. The molecular formula is C23H39N5O2S. The molecule has 0 aliphatic carbocycles. The van der Waals surface area contributed by atoms with E-state index in [0.717, 1.165) is 63.3 Å². The van der Waals surface area contributed by atoms with Crippen LogP contribution in [0.5, 0.6) is 0 Å². The Kier molecular flexibility index (Phi) is 9.16. The minimum atomic E-state index is -3.38. The van der Waals surface area contributed by atoms with Crippen molar-refractivity contribution < 1.29 is 8.42 Å². The molecule has 7 nitrogen and oxygen atoms in total. The molecule has 3 rings (SSSR count). The van der Waals surface area contributed by atoms with Gasteiger partial charge in [0, 0.05) is 38.8 Å². The first-order valence-electron chi connectivity index (χ1n) is 11.9. The quantitative estimate of drug-likeness (QED) is 0.471. The number of piperidine rings is 2. The molecular weight excluding hydrogens is 410 g/mol. The monoisotopic (exact) mass is 449 g/mol. The van der Waals surface area contributed by atoms with Gasteiger partial charge in [0.1, 0.15) is 0 Å². The average Bonchev–Trinajstić information content (AvgIpc) is 2.80. The van der Waals surface area contributed by atoms with Crippen molar-refractivity contribution in [1.82, 2.24) is 19.8 Å². The Bertz CT molecular complexity index is 796. The van der Waals surface area contributed by atoms with Crippen molar-refractivity contribution in [3.63, 3.8) is 0 Å². The van der Waals surface area contributed by atoms with Crippen LogP contribution in [0.3, 0.4) is 0 Å². The minimum absolute atomic E-state index is 0.381. The maximum atomic E-state index is 12.8. The maximum absolute atomic E-state index is 12.8. The first kappa shape index (κ1) is 24.0. The first-order chi connectivity index (χ1) is 15.0. The number of nitrogens with zero attached hydrogens (tertiary/aromatic N) is 3. The van der Waals surface area contributed by atoms with E-state index >= 15 is 0 Å². The van der Waals surface area contributed by atoms with Gasteiger partial charge in [0.15, 0.2) is 5.96 Å². The molecule has 0 bridgehead atoms. The molecule has 2 heterocycles. The van der Waals surface area contributed by atoms with Crippen LogP contribution in [0.25, 0.3) is 0 Å². The van der Waals surface area contributed by atoms with Crippen molar-refractivity contribution in [2.24, 2.45) is 4.99 Å². The van der Waals surface area contributed by atoms with E-state index in [9.17, 15) is 8.42 Å². The number of likely N-dealkylation sites (tertiary alicyclic amines) is 1. The molecule has 2 aliphatic heterocycles. The van der Waals surface area contributed by atoms with Gasteiger partial charge in [0.2, 0.25) is 10.0 Å². The van der Waals surface area contributed by atoms with Gasteiger partial charge in [-0.15, -0.1) is 0 Å². The maximum Gasteiger partial charge on any atom is 0.243 e. The highest BCUT2D eigenvalue weighted by atomic mass is 32.2. The molecule has 0 aromatic heterocycles. The second kappa shape index (κ2) is 11.8. The summed E-state index contributed by atoms with van der Waals surface area (Å²) in [6, 6.07) is 7.65. The molecule has 1 aromatic carbocycles. The van der Waals surface area contributed by atoms with E-state index in [4.69, 9.17) is 4.99 Å². The van der Waals surface area contributed by atoms with Gasteiger partial charge in [-0.3, -0.25) is 0 Å². The molecule has 0 saturated carbocycles. The molecule has 0 atom stereocenters. The zero-order chi connectivity index (χ0) is 22.1. The number of sulfonamides is 1. The Morgan fingerprint density at radius 1 is 1.03 bits per heavy atom. The van der Waals surface area contributed by atoms with Crippen LogP contribution in [-0.2, 0) is 16.6 Å². The summed E-state index contributed by atoms with van der Waals surface area (Å²) in [5.41, 5.74) is 1.01. The lowest BCUT2D eigenvalue weighted by molar-refractivity contribution is 0.206. The lowest BCUT2D eigenvalue weighted by atomic mass is 10.1. The fourth-order valence-electron chi connectivity index (χ4n) is 4.32. The molecule has 1 aromatic rings. The van der Waals surface area contributed by atoms with E-state index in [1.54, 1.807) is 16.4 Å². The van der Waals surface area contributed by atoms with Gasteiger partial charge in [-0.1, -0.05) is 25.5 Å². The molecule has 31 heavy (non-hydrogen) atoms. The Morgan fingerprint density at radius 3 is 2.32 bits per heavy atom. The number of rotatable bonds is 8. The highest BCUT2D eigenvalue weighted by molar-refractivity contribution is 7.89. The third kappa shape index (κ3) is 6.92. The van der Waals surface area contributed by atoms with Crippen LogP contribution in [0, 0.1) is 0 Å². The smallest absolute Gasteiger partial charge is 0.243 e. The van der Waals surface area contributed by atoms with Crippen LogP contribution in [0.1, 0.15) is 57.9 Å². The summed E-state index contributed by atoms with van der Waals surface area (Å²) in [5, 5.41) is 6.92. The van der Waals surface area contributed by atoms with Crippen molar-refractivity contribution in [3.05, 3.63) is 29.8 Å². The average molecular weight is 450 g/mol. The predicted octanol–water partition coefficient (Wildman–Crippen LogP) is 2.79. The van der Waals surface area contributed by atoms with Crippen LogP contribution >= 0.6 is 0 Å². The topological polar surface area (TPSA) is 77.0 Å². The number of nitrogens with one attached hydrogen (secondary N) is 2. The summed E-state index contributed by atoms with van der Waals surface area (Å²) in [5.74, 6) is 0.835. The second-order valence-corrected chi connectivity index (χ2v) is 10.5. The van der Waals surface area contributed by atoms with Gasteiger partial charge < -0.3 is 15.5 Å². The number of hydrogen-bond acceptors (Lipinski definition) is 4. The molecule has 0 amide bonds. The van der Waals surface area contributed by atoms with Crippen molar-refractivity contribution in [2.45, 2.75) is 69.9 Å². The summed E-state index contributed by atoms with van der Waals surface area (Å²) < 4.78 is 27.2. The highest BCUT2D eigenvalue weighted by Crippen LogP contribution is 2.21. The Morgan fingerprint density at radius 2 is 1.71 bits per heavy atom. The van der Waals surface area contributed by atoms with Gasteiger partial charge in [-0.2, -0.15) is 4.31 Å². The molecule has 2 aliphatic rings. The third-order valence-corrected chi connectivity index (χ3v) is 8.02. The largest absolute Gasteiger partial charge is 0.357 e. The van der Waals surface area contributed by atoms with Crippen LogP contribution in [0.15, 0.2) is 34.2 Å². The van der Waals surface area contributed by atoms with Gasteiger partial charge in [-0.25, -0.2) is 13.4 Å². The summed E-state index contributed by atoms with van der Waals surface area (Å²) in [6.45, 7) is 10.4. The molecule has 8 heteroatoms. The summed E-state index contributed by atoms with van der Waals surface area (Å²) in [6.07, 6.45) is 6.48. The molecule has 2 saturated heterocycles. The van der Waals surface area contributed by atoms with E-state index in [1.807, 2.05) is 12.1 Å². The molecule has 0 spiro atoms. The Hall–Kier alpha value is -1.64. The van der Waals surface area contributed by atoms with Gasteiger partial charge in [0.25, 0.3) is 0 Å². The second-order valence-electron chi connectivity index (χ2n) is 8.56. The van der Waals surface area contributed by atoms with Gasteiger partial charge in [-0.05, 0) is 63.3 Å². The number of guanidine groups is 1. The molecule has 0 unspecified atom stereocenters. The highest BCUT2D eigenvalue weighted by Gasteiger charge is 2.25.